The largest absolute Gasteiger partial charge is 0.388 e. The Kier molecular flexibility index (Phi) is 4.40. The van der Waals surface area contributed by atoms with Gasteiger partial charge in [0.2, 0.25) is 0 Å². The Hall–Kier alpha value is -1.07. The van der Waals surface area contributed by atoms with Crippen molar-refractivity contribution in [3.8, 4) is 0 Å². The molecule has 0 radical (unpaired) electrons. The summed E-state index contributed by atoms with van der Waals surface area (Å²) in [6, 6.07) is 6.93. The average molecular weight is 315 g/mol. The van der Waals surface area contributed by atoms with Crippen LogP contribution in [0.15, 0.2) is 28.7 Å². The lowest BCUT2D eigenvalue weighted by Crippen LogP contribution is -2.58. The third-order valence-corrected chi connectivity index (χ3v) is 3.59. The molecular weight excluding hydrogens is 296 g/mol. The van der Waals surface area contributed by atoms with E-state index in [-0.39, 0.29) is 6.03 Å². The second-order valence-electron chi connectivity index (χ2n) is 5.27. The Labute approximate surface area is 116 Å². The molecule has 1 rings (SSSR count). The van der Waals surface area contributed by atoms with Gasteiger partial charge in [0.25, 0.3) is 0 Å². The minimum atomic E-state index is -1.01. The third kappa shape index (κ3) is 3.99. The molecule has 0 aliphatic heterocycles. The van der Waals surface area contributed by atoms with Gasteiger partial charge >= 0.3 is 6.03 Å². The highest BCUT2D eigenvalue weighted by Gasteiger charge is 2.36. The van der Waals surface area contributed by atoms with Gasteiger partial charge in [-0.15, -0.1) is 0 Å². The van der Waals surface area contributed by atoms with E-state index in [1.807, 2.05) is 12.1 Å². The van der Waals surface area contributed by atoms with Crippen LogP contribution in [0.3, 0.4) is 0 Å². The fourth-order valence-electron chi connectivity index (χ4n) is 1.13. The smallest absolute Gasteiger partial charge is 0.319 e. The summed E-state index contributed by atoms with van der Waals surface area (Å²) in [4.78, 5) is 11.8. The number of nitrogens with one attached hydrogen (secondary N) is 2. The van der Waals surface area contributed by atoms with Gasteiger partial charge in [-0.1, -0.05) is 15.9 Å². The van der Waals surface area contributed by atoms with Crippen molar-refractivity contribution in [1.29, 1.82) is 0 Å². The summed E-state index contributed by atoms with van der Waals surface area (Å²) in [5, 5.41) is 15.4. The van der Waals surface area contributed by atoms with Crippen molar-refractivity contribution in [3.63, 3.8) is 0 Å². The zero-order valence-corrected chi connectivity index (χ0v) is 12.6. The first-order valence-electron chi connectivity index (χ1n) is 5.69. The summed E-state index contributed by atoms with van der Waals surface area (Å²) in [7, 11) is 0. The summed E-state index contributed by atoms with van der Waals surface area (Å²) in [5.41, 5.74) is -1.04. The van der Waals surface area contributed by atoms with E-state index in [1.165, 1.54) is 0 Å². The summed E-state index contributed by atoms with van der Waals surface area (Å²) in [6.07, 6.45) is 0. The molecule has 1 aromatic rings. The van der Waals surface area contributed by atoms with Crippen molar-refractivity contribution in [2.45, 2.75) is 38.8 Å². The molecule has 0 heterocycles. The summed E-state index contributed by atoms with van der Waals surface area (Å²) >= 11 is 3.33. The number of benzene rings is 1. The molecule has 0 atom stereocenters. The molecule has 0 unspecified atom stereocenters. The summed E-state index contributed by atoms with van der Waals surface area (Å²) < 4.78 is 0.949. The highest BCUT2D eigenvalue weighted by Crippen LogP contribution is 2.21. The lowest BCUT2D eigenvalue weighted by molar-refractivity contribution is 0.00185. The van der Waals surface area contributed by atoms with Gasteiger partial charge in [-0.3, -0.25) is 0 Å². The Morgan fingerprint density at radius 2 is 1.67 bits per heavy atom. The molecule has 3 N–H and O–H groups in total. The summed E-state index contributed by atoms with van der Waals surface area (Å²) in [6.45, 7) is 6.86. The highest BCUT2D eigenvalue weighted by atomic mass is 79.9. The minimum Gasteiger partial charge on any atom is -0.388 e. The topological polar surface area (TPSA) is 61.4 Å². The zero-order chi connectivity index (χ0) is 14.0. The number of halogens is 1. The monoisotopic (exact) mass is 314 g/mol. The molecule has 2 amide bonds. The molecule has 0 aliphatic rings. The number of hydrogen-bond donors (Lipinski definition) is 3. The molecule has 0 aliphatic carbocycles. The Bertz CT molecular complexity index is 422. The lowest BCUT2D eigenvalue weighted by atomic mass is 9.86. The van der Waals surface area contributed by atoms with E-state index in [0.29, 0.717) is 5.69 Å². The molecule has 0 saturated heterocycles. The Balaban J connectivity index is 2.65. The molecule has 0 fully saturated rings. The van der Waals surface area contributed by atoms with Crippen LogP contribution in [-0.2, 0) is 0 Å². The third-order valence-electron chi connectivity index (χ3n) is 3.06. The van der Waals surface area contributed by atoms with Gasteiger partial charge in [0, 0.05) is 10.2 Å². The van der Waals surface area contributed by atoms with Crippen LogP contribution in [-0.4, -0.2) is 22.3 Å². The van der Waals surface area contributed by atoms with Crippen LogP contribution in [0.1, 0.15) is 27.7 Å². The molecular formula is C13H19BrN2O2. The molecule has 5 heteroatoms. The predicted octanol–water partition coefficient (Wildman–Crippen LogP) is 3.12. The van der Waals surface area contributed by atoms with Crippen molar-refractivity contribution in [2.24, 2.45) is 0 Å². The first-order chi connectivity index (χ1) is 8.12. The second kappa shape index (κ2) is 5.28. The van der Waals surface area contributed by atoms with Gasteiger partial charge in [-0.25, -0.2) is 4.79 Å². The van der Waals surface area contributed by atoms with E-state index in [4.69, 9.17) is 0 Å². The molecule has 100 valence electrons. The van der Waals surface area contributed by atoms with Crippen molar-refractivity contribution >= 4 is 27.6 Å². The van der Waals surface area contributed by atoms with Crippen LogP contribution in [0.25, 0.3) is 0 Å². The first-order valence-corrected chi connectivity index (χ1v) is 6.48. The molecule has 18 heavy (non-hydrogen) atoms. The molecule has 1 aromatic carbocycles. The lowest BCUT2D eigenvalue weighted by Gasteiger charge is -2.37. The second-order valence-corrected chi connectivity index (χ2v) is 6.19. The van der Waals surface area contributed by atoms with Gasteiger partial charge < -0.3 is 15.7 Å². The van der Waals surface area contributed by atoms with Crippen molar-refractivity contribution < 1.29 is 9.90 Å². The van der Waals surface area contributed by atoms with Crippen molar-refractivity contribution in [1.82, 2.24) is 5.32 Å². The maximum atomic E-state index is 11.8. The number of carbonyl (C=O) groups excluding carboxylic acids is 1. The number of hydrogen-bond acceptors (Lipinski definition) is 2. The van der Waals surface area contributed by atoms with Crippen LogP contribution in [0.4, 0.5) is 10.5 Å². The van der Waals surface area contributed by atoms with Crippen LogP contribution in [0.2, 0.25) is 0 Å². The predicted molar refractivity (Wildman–Crippen MR) is 76.7 cm³/mol. The zero-order valence-electron chi connectivity index (χ0n) is 11.0. The van der Waals surface area contributed by atoms with E-state index in [1.54, 1.807) is 39.8 Å². The average Bonchev–Trinajstić information content (AvgIpc) is 2.19. The number of aliphatic hydroxyl groups is 1. The molecule has 4 nitrogen and oxygen atoms in total. The Morgan fingerprint density at radius 3 is 2.11 bits per heavy atom. The maximum Gasteiger partial charge on any atom is 0.319 e. The quantitative estimate of drug-likeness (QED) is 0.802. The van der Waals surface area contributed by atoms with Gasteiger partial charge in [0.1, 0.15) is 0 Å². The minimum absolute atomic E-state index is 0.343. The van der Waals surface area contributed by atoms with Crippen LogP contribution in [0, 0.1) is 0 Å². The van der Waals surface area contributed by atoms with Gasteiger partial charge in [0.15, 0.2) is 0 Å². The van der Waals surface area contributed by atoms with Gasteiger partial charge in [0.05, 0.1) is 11.1 Å². The fourth-order valence-corrected chi connectivity index (χ4v) is 1.40. The molecule has 0 saturated carbocycles. The van der Waals surface area contributed by atoms with Gasteiger partial charge in [-0.05, 0) is 52.0 Å². The number of carbonyl (C=O) groups is 1. The number of amides is 2. The summed E-state index contributed by atoms with van der Waals surface area (Å²) in [5.74, 6) is 0. The van der Waals surface area contributed by atoms with Gasteiger partial charge in [-0.2, -0.15) is 0 Å². The maximum absolute atomic E-state index is 11.8. The van der Waals surface area contributed by atoms with Crippen LogP contribution in [0.5, 0.6) is 0 Å². The van der Waals surface area contributed by atoms with Crippen LogP contribution < -0.4 is 10.6 Å². The van der Waals surface area contributed by atoms with E-state index in [9.17, 15) is 9.90 Å². The van der Waals surface area contributed by atoms with Crippen molar-refractivity contribution in [2.75, 3.05) is 5.32 Å². The normalized spacial score (nSPS) is 12.1. The number of urea groups is 1. The number of anilines is 1. The molecule has 0 spiro atoms. The molecule has 0 aromatic heterocycles. The van der Waals surface area contributed by atoms with Crippen LogP contribution >= 0.6 is 15.9 Å². The standard InChI is InChI=1S/C13H19BrN2O2/c1-12(2,13(3,4)18)16-11(17)15-10-7-5-9(14)6-8-10/h5-8,18H,1-4H3,(H2,15,16,17). The first kappa shape index (κ1) is 15.0. The SMILES string of the molecule is CC(C)(O)C(C)(C)NC(=O)Nc1ccc(Br)cc1. The fraction of sp³-hybridized carbons (Fsp3) is 0.462. The Morgan fingerprint density at radius 1 is 1.17 bits per heavy atom. The number of rotatable bonds is 3. The van der Waals surface area contributed by atoms with E-state index >= 15 is 0 Å². The van der Waals surface area contributed by atoms with E-state index in [2.05, 4.69) is 26.6 Å². The highest BCUT2D eigenvalue weighted by molar-refractivity contribution is 9.10. The molecule has 0 bridgehead atoms. The van der Waals surface area contributed by atoms with E-state index < -0.39 is 11.1 Å². The van der Waals surface area contributed by atoms with Crippen molar-refractivity contribution in [3.05, 3.63) is 28.7 Å². The van der Waals surface area contributed by atoms with E-state index in [0.717, 1.165) is 4.47 Å².